The molecule has 1 atom stereocenters. The summed E-state index contributed by atoms with van der Waals surface area (Å²) in [5, 5.41) is 2.65. The van der Waals surface area contributed by atoms with Gasteiger partial charge in [0.15, 0.2) is 9.79 Å². The molecule has 0 radical (unpaired) electrons. The number of rotatable bonds is 5. The van der Waals surface area contributed by atoms with Crippen molar-refractivity contribution in [2.24, 2.45) is 5.73 Å². The monoisotopic (exact) mass is 320 g/mol. The molecule has 0 aliphatic rings. The van der Waals surface area contributed by atoms with Crippen LogP contribution in [0.5, 0.6) is 0 Å². The van der Waals surface area contributed by atoms with Gasteiger partial charge in [-0.1, -0.05) is 6.07 Å². The van der Waals surface area contributed by atoms with Crippen molar-refractivity contribution in [3.63, 3.8) is 0 Å². The summed E-state index contributed by atoms with van der Waals surface area (Å²) in [5.41, 5.74) is 5.86. The fraction of sp³-hybridized carbons (Fsp3) is 0.133. The Hall–Kier alpha value is -1.47. The van der Waals surface area contributed by atoms with Crippen LogP contribution in [0.15, 0.2) is 63.2 Å². The van der Waals surface area contributed by atoms with Crippen LogP contribution in [0.4, 0.5) is 5.69 Å². The smallest absolute Gasteiger partial charge is 0.238 e. The third-order valence-corrected chi connectivity index (χ3v) is 4.92. The minimum atomic E-state index is -1.28. The standard InChI is InChI=1S/C15H16N2O2S2/c1-20-12-5-7-13(8-6-12)21(19)14-4-2-3-11(9-14)17-15(18)10-16/h2-9H,10,16H2,1H3,(H,17,18). The lowest BCUT2D eigenvalue weighted by Crippen LogP contribution is -2.21. The molecule has 0 aliphatic carbocycles. The van der Waals surface area contributed by atoms with Gasteiger partial charge in [0, 0.05) is 27.8 Å². The molecule has 6 heteroatoms. The van der Waals surface area contributed by atoms with Crippen molar-refractivity contribution in [1.29, 1.82) is 0 Å². The molecule has 0 aromatic heterocycles. The maximum Gasteiger partial charge on any atom is 0.238 e. The zero-order valence-electron chi connectivity index (χ0n) is 11.5. The zero-order chi connectivity index (χ0) is 15.2. The van der Waals surface area contributed by atoms with Gasteiger partial charge >= 0.3 is 0 Å². The Morgan fingerprint density at radius 2 is 1.95 bits per heavy atom. The van der Waals surface area contributed by atoms with E-state index in [4.69, 9.17) is 5.73 Å². The quantitative estimate of drug-likeness (QED) is 0.655. The minimum Gasteiger partial charge on any atom is -0.606 e. The van der Waals surface area contributed by atoms with E-state index in [0.29, 0.717) is 10.6 Å². The number of nitrogens with one attached hydrogen (secondary N) is 1. The van der Waals surface area contributed by atoms with Gasteiger partial charge in [0.05, 0.1) is 6.54 Å². The Morgan fingerprint density at radius 1 is 1.24 bits per heavy atom. The van der Waals surface area contributed by atoms with E-state index in [0.717, 1.165) is 9.79 Å². The molecule has 2 aromatic carbocycles. The van der Waals surface area contributed by atoms with E-state index in [1.165, 1.54) is 0 Å². The molecule has 110 valence electrons. The summed E-state index contributed by atoms with van der Waals surface area (Å²) in [5.74, 6) is -0.276. The first kappa shape index (κ1) is 15.9. The highest BCUT2D eigenvalue weighted by Gasteiger charge is 2.15. The van der Waals surface area contributed by atoms with Gasteiger partial charge in [0.1, 0.15) is 0 Å². The Bertz CT molecular complexity index is 617. The predicted molar refractivity (Wildman–Crippen MR) is 87.0 cm³/mol. The summed E-state index contributed by atoms with van der Waals surface area (Å²) >= 11 is 0.363. The average Bonchev–Trinajstić information content (AvgIpc) is 2.54. The van der Waals surface area contributed by atoms with Crippen LogP contribution in [0.1, 0.15) is 0 Å². The van der Waals surface area contributed by atoms with E-state index in [-0.39, 0.29) is 12.5 Å². The first-order chi connectivity index (χ1) is 10.1. The average molecular weight is 320 g/mol. The van der Waals surface area contributed by atoms with Gasteiger partial charge in [-0.25, -0.2) is 0 Å². The number of anilines is 1. The van der Waals surface area contributed by atoms with Gasteiger partial charge in [0.2, 0.25) is 5.91 Å². The van der Waals surface area contributed by atoms with E-state index in [9.17, 15) is 9.35 Å². The van der Waals surface area contributed by atoms with Gasteiger partial charge in [-0.05, 0) is 42.7 Å². The second-order valence-electron chi connectivity index (χ2n) is 4.22. The third-order valence-electron chi connectivity index (χ3n) is 2.79. The van der Waals surface area contributed by atoms with Crippen LogP contribution in [0.25, 0.3) is 0 Å². The summed E-state index contributed by atoms with van der Waals surface area (Å²) in [6.07, 6.45) is 2.00. The molecule has 1 unspecified atom stereocenters. The predicted octanol–water partition coefficient (Wildman–Crippen LogP) is 2.47. The van der Waals surface area contributed by atoms with Crippen molar-refractivity contribution in [3.05, 3.63) is 48.5 Å². The summed E-state index contributed by atoms with van der Waals surface area (Å²) in [6.45, 7) is -0.0799. The Kier molecular flexibility index (Phi) is 5.69. The highest BCUT2D eigenvalue weighted by molar-refractivity contribution is 7.98. The summed E-state index contributed by atoms with van der Waals surface area (Å²) < 4.78 is 12.5. The first-order valence-corrected chi connectivity index (χ1v) is 8.67. The van der Waals surface area contributed by atoms with Crippen LogP contribution in [0.2, 0.25) is 0 Å². The third kappa shape index (κ3) is 4.25. The molecule has 0 aliphatic heterocycles. The van der Waals surface area contributed by atoms with E-state index in [1.807, 2.05) is 30.5 Å². The number of nitrogens with two attached hydrogens (primary N) is 1. The normalized spacial score (nSPS) is 12.0. The van der Waals surface area contributed by atoms with Crippen molar-refractivity contribution in [2.75, 3.05) is 18.1 Å². The molecule has 2 aromatic rings. The van der Waals surface area contributed by atoms with Crippen molar-refractivity contribution in [3.8, 4) is 0 Å². The summed E-state index contributed by atoms with van der Waals surface area (Å²) in [6, 6.07) is 14.6. The summed E-state index contributed by atoms with van der Waals surface area (Å²) in [4.78, 5) is 13.8. The molecule has 0 spiro atoms. The Balaban J connectivity index is 2.19. The van der Waals surface area contributed by atoms with Gasteiger partial charge in [-0.2, -0.15) is 0 Å². The van der Waals surface area contributed by atoms with Crippen molar-refractivity contribution in [2.45, 2.75) is 14.7 Å². The van der Waals surface area contributed by atoms with Gasteiger partial charge in [-0.3, -0.25) is 4.79 Å². The van der Waals surface area contributed by atoms with Gasteiger partial charge < -0.3 is 15.6 Å². The topological polar surface area (TPSA) is 78.2 Å². The largest absolute Gasteiger partial charge is 0.606 e. The molecule has 21 heavy (non-hydrogen) atoms. The molecular formula is C15H16N2O2S2. The highest BCUT2D eigenvalue weighted by atomic mass is 32.2. The van der Waals surface area contributed by atoms with Crippen LogP contribution >= 0.6 is 11.8 Å². The lowest BCUT2D eigenvalue weighted by molar-refractivity contribution is -0.114. The molecule has 3 N–H and O–H groups in total. The van der Waals surface area contributed by atoms with Crippen molar-refractivity contribution in [1.82, 2.24) is 0 Å². The van der Waals surface area contributed by atoms with Crippen LogP contribution < -0.4 is 11.1 Å². The zero-order valence-corrected chi connectivity index (χ0v) is 13.2. The maximum absolute atomic E-state index is 12.5. The van der Waals surface area contributed by atoms with E-state index < -0.39 is 11.2 Å². The van der Waals surface area contributed by atoms with Crippen LogP contribution in [0.3, 0.4) is 0 Å². The first-order valence-electron chi connectivity index (χ1n) is 6.30. The summed E-state index contributed by atoms with van der Waals surface area (Å²) in [7, 11) is 0. The Morgan fingerprint density at radius 3 is 2.57 bits per heavy atom. The maximum atomic E-state index is 12.5. The highest BCUT2D eigenvalue weighted by Crippen LogP contribution is 2.25. The molecular weight excluding hydrogens is 304 g/mol. The number of thioether (sulfide) groups is 1. The minimum absolute atomic E-state index is 0.0799. The van der Waals surface area contributed by atoms with Gasteiger partial charge in [0.25, 0.3) is 0 Å². The lowest BCUT2D eigenvalue weighted by atomic mass is 10.3. The van der Waals surface area contributed by atoms with Crippen LogP contribution in [0, 0.1) is 0 Å². The number of hydrogen-bond donors (Lipinski definition) is 2. The second kappa shape index (κ2) is 7.51. The van der Waals surface area contributed by atoms with E-state index in [2.05, 4.69) is 5.32 Å². The lowest BCUT2D eigenvalue weighted by Gasteiger charge is -2.11. The van der Waals surface area contributed by atoms with Crippen molar-refractivity contribution < 1.29 is 9.35 Å². The number of amides is 1. The molecule has 0 saturated carbocycles. The molecule has 0 fully saturated rings. The van der Waals surface area contributed by atoms with E-state index in [1.54, 1.807) is 36.0 Å². The SMILES string of the molecule is CSc1ccc([S+]([O-])c2cccc(NC(=O)CN)c2)cc1. The molecule has 1 amide bonds. The molecule has 0 heterocycles. The molecule has 0 bridgehead atoms. The number of carbonyl (C=O) groups is 1. The van der Waals surface area contributed by atoms with Crippen LogP contribution in [-0.2, 0) is 16.0 Å². The fourth-order valence-electron chi connectivity index (χ4n) is 1.74. The number of hydrogen-bond acceptors (Lipinski definition) is 4. The molecule has 2 rings (SSSR count). The molecule has 4 nitrogen and oxygen atoms in total. The number of carbonyl (C=O) groups excluding carboxylic acids is 1. The van der Waals surface area contributed by atoms with Crippen LogP contribution in [-0.4, -0.2) is 23.3 Å². The van der Waals surface area contributed by atoms with Crippen molar-refractivity contribution >= 4 is 34.5 Å². The van der Waals surface area contributed by atoms with E-state index >= 15 is 0 Å². The fourth-order valence-corrected chi connectivity index (χ4v) is 3.24. The Labute approximate surface area is 131 Å². The molecule has 0 saturated heterocycles. The van der Waals surface area contributed by atoms with Gasteiger partial charge in [-0.15, -0.1) is 11.8 Å². The second-order valence-corrected chi connectivity index (χ2v) is 6.58. The number of benzene rings is 2.